The van der Waals surface area contributed by atoms with Crippen LogP contribution in [0.25, 0.3) is 0 Å². The fourth-order valence-electron chi connectivity index (χ4n) is 15.1. The van der Waals surface area contributed by atoms with Gasteiger partial charge in [0.15, 0.2) is 46.0 Å². The minimum atomic E-state index is -0.461. The maximum Gasteiger partial charge on any atom is 0.308 e. The summed E-state index contributed by atoms with van der Waals surface area (Å²) >= 11 is 3.24. The average molecular weight is 1250 g/mol. The minimum Gasteiger partial charge on any atom is -0.504 e. The van der Waals surface area contributed by atoms with Gasteiger partial charge in [0, 0.05) is 107 Å². The van der Waals surface area contributed by atoms with Crippen molar-refractivity contribution in [1.82, 2.24) is 24.9 Å². The van der Waals surface area contributed by atoms with Gasteiger partial charge in [-0.3, -0.25) is 29.2 Å². The molecule has 86 heavy (non-hydrogen) atoms. The maximum absolute atomic E-state index is 12.3. The number of benzene rings is 4. The van der Waals surface area contributed by atoms with E-state index >= 15 is 0 Å². The Labute approximate surface area is 514 Å². The number of esters is 2. The number of aromatic hydroxyl groups is 2. The van der Waals surface area contributed by atoms with E-state index in [0.717, 1.165) is 67.4 Å². The van der Waals surface area contributed by atoms with Crippen molar-refractivity contribution >= 4 is 27.9 Å². The largest absolute Gasteiger partial charge is 0.504 e. The molecular formula is C65H83BrN8O12. The molecule has 20 nitrogen and oxygen atoms in total. The van der Waals surface area contributed by atoms with Gasteiger partial charge in [0.2, 0.25) is 13.6 Å². The molecular weight excluding hydrogens is 1160 g/mol. The Morgan fingerprint density at radius 3 is 1.47 bits per heavy atom. The summed E-state index contributed by atoms with van der Waals surface area (Å²) in [6, 6.07) is 6.60. The molecule has 2 saturated heterocycles. The number of halogens is 1. The molecule has 4 aromatic rings. The molecule has 462 valence electrons. The summed E-state index contributed by atoms with van der Waals surface area (Å²) in [6.45, 7) is 19.1. The van der Waals surface area contributed by atoms with Crippen molar-refractivity contribution in [1.29, 1.82) is 10.5 Å². The highest BCUT2D eigenvalue weighted by atomic mass is 79.9. The third-order valence-corrected chi connectivity index (χ3v) is 18.6. The van der Waals surface area contributed by atoms with Crippen molar-refractivity contribution in [3.05, 3.63) is 104 Å². The number of hydrogen-bond acceptors (Lipinski definition) is 20. The number of alkyl halides is 1. The number of phenols is 2. The van der Waals surface area contributed by atoms with Gasteiger partial charge in [0.25, 0.3) is 0 Å². The lowest BCUT2D eigenvalue weighted by Crippen LogP contribution is -2.68. The summed E-state index contributed by atoms with van der Waals surface area (Å²) < 4.78 is 46.6. The lowest BCUT2D eigenvalue weighted by Gasteiger charge is -2.60. The van der Waals surface area contributed by atoms with E-state index in [1.807, 2.05) is 47.9 Å². The van der Waals surface area contributed by atoms with E-state index in [9.17, 15) is 30.3 Å². The van der Waals surface area contributed by atoms with E-state index in [1.54, 1.807) is 20.3 Å². The van der Waals surface area contributed by atoms with Crippen molar-refractivity contribution in [3.8, 4) is 69.6 Å². The molecule has 4 aromatic carbocycles. The first-order chi connectivity index (χ1) is 40.4. The predicted molar refractivity (Wildman–Crippen MR) is 329 cm³/mol. The van der Waals surface area contributed by atoms with Gasteiger partial charge in [-0.2, -0.15) is 10.5 Å². The van der Waals surface area contributed by atoms with Gasteiger partial charge in [-0.25, -0.2) is 0 Å². The molecule has 10 atom stereocenters. The Hall–Kier alpha value is -7.08. The van der Waals surface area contributed by atoms with Gasteiger partial charge < -0.3 is 59.2 Å². The lowest BCUT2D eigenvalue weighted by molar-refractivity contribution is -0.133. The van der Waals surface area contributed by atoms with Crippen LogP contribution in [-0.2, 0) is 35.3 Å². The van der Waals surface area contributed by atoms with Crippen LogP contribution >= 0.6 is 15.9 Å². The van der Waals surface area contributed by atoms with Crippen LogP contribution in [0.3, 0.4) is 0 Å². The minimum absolute atomic E-state index is 0. The number of allylic oxidation sites excluding steroid dienone is 1. The fourth-order valence-corrected chi connectivity index (χ4v) is 15.4. The molecule has 0 aromatic heterocycles. The monoisotopic (exact) mass is 1250 g/mol. The summed E-state index contributed by atoms with van der Waals surface area (Å²) in [6.07, 6.45) is 6.91. The van der Waals surface area contributed by atoms with Crippen LogP contribution in [0.4, 0.5) is 0 Å². The van der Waals surface area contributed by atoms with Crippen LogP contribution in [0.5, 0.6) is 57.5 Å². The summed E-state index contributed by atoms with van der Waals surface area (Å²) in [5, 5.41) is 48.7. The van der Waals surface area contributed by atoms with E-state index in [1.165, 1.54) is 13.8 Å². The van der Waals surface area contributed by atoms with Gasteiger partial charge in [-0.05, 0) is 96.1 Å². The molecule has 0 radical (unpaired) electrons. The van der Waals surface area contributed by atoms with Crippen molar-refractivity contribution in [2.24, 2.45) is 5.73 Å². The number of nitrogens with one attached hydrogen (secondary N) is 1. The van der Waals surface area contributed by atoms with E-state index in [4.69, 9.17) is 43.6 Å². The lowest BCUT2D eigenvalue weighted by atomic mass is 9.71. The number of nitrogens with two attached hydrogens (primary N) is 1. The van der Waals surface area contributed by atoms with E-state index < -0.39 is 24.0 Å². The van der Waals surface area contributed by atoms with Crippen LogP contribution in [-0.4, -0.2) is 145 Å². The number of fused-ring (bicyclic) bond motifs is 18. The second-order valence-corrected chi connectivity index (χ2v) is 23.4. The van der Waals surface area contributed by atoms with Crippen LogP contribution in [0, 0.1) is 50.4 Å². The third-order valence-electron chi connectivity index (χ3n) is 18.2. The first-order valence-corrected chi connectivity index (χ1v) is 29.5. The van der Waals surface area contributed by atoms with Crippen LogP contribution in [0.1, 0.15) is 126 Å². The summed E-state index contributed by atoms with van der Waals surface area (Å²) in [5.74, 6) is 3.61. The second kappa shape index (κ2) is 26.1. The van der Waals surface area contributed by atoms with Gasteiger partial charge >= 0.3 is 11.9 Å². The molecule has 0 aliphatic carbocycles. The van der Waals surface area contributed by atoms with Crippen molar-refractivity contribution in [2.45, 2.75) is 149 Å². The average Bonchev–Trinajstić information content (AvgIpc) is 0.857. The highest BCUT2D eigenvalue weighted by Gasteiger charge is 2.59. The van der Waals surface area contributed by atoms with Gasteiger partial charge in [-0.15, -0.1) is 13.2 Å². The Balaban J connectivity index is 0.000000203. The molecule has 4 bridgehead atoms. The number of carbonyl (C=O) groups excluding carboxylic acids is 2. The normalized spacial score (nSPS) is 24.8. The van der Waals surface area contributed by atoms with Crippen LogP contribution in [0.2, 0.25) is 0 Å². The third kappa shape index (κ3) is 10.5. The summed E-state index contributed by atoms with van der Waals surface area (Å²) in [5.41, 5.74) is 16.6. The number of phenolic OH excluding ortho intramolecular Hbond substituents is 2. The van der Waals surface area contributed by atoms with E-state index in [2.05, 4.69) is 78.3 Å². The van der Waals surface area contributed by atoms with E-state index in [0.29, 0.717) is 95.9 Å². The fraction of sp³-hybridized carbons (Fsp3) is 0.508. The number of aryl methyl sites for hydroxylation is 2. The molecule has 8 aliphatic heterocycles. The van der Waals surface area contributed by atoms with Gasteiger partial charge in [0.05, 0.1) is 50.5 Å². The number of carbonyl (C=O) groups is 2. The smallest absolute Gasteiger partial charge is 0.308 e. The number of likely N-dealkylation sites (N-methyl/N-ethyl adjacent to an activating group) is 2. The number of piperazine rings is 2. The molecule has 2 fully saturated rings. The molecule has 0 spiro atoms. The highest BCUT2D eigenvalue weighted by molar-refractivity contribution is 9.09. The number of nitriles is 2. The topological polar surface area (TPSA) is 247 Å². The standard InChI is InChI=1S/C31H36N4O6.C28H32N4O6.C4H7Br.2CH4/c1-7-8-33-13-23-25-19(29(41-17(4)36)16(3)30-31(25)40-14-39-30)11-21-26-24-18(9-15(2)28(38-6)27(24)37)10-20(34(26)5)22(12-32)35(21)23;1-12-6-15-7-17-19(9-29)32-18(23(31(17)4)21(15)24(34)25(12)35-5)8-16-22(20(32)10-30)28-27(36-11-37-28)13(2)26(16)38-14(3)33;1-2-3-4-5;;/h7,9,20-23,26,33,37H,1,8,10-11,13-14H2,2-6H3;6,17-20,23,34H,7-8,10-11,30H2,1-5H3;2H,1,3-4H2;2*1H4/t20-,21?,22-,23-,26-;17-,18?,19-,20-,23-;;;/m00.../s1. The zero-order valence-electron chi connectivity index (χ0n) is 49.4. The molecule has 0 saturated carbocycles. The first kappa shape index (κ1) is 64.9. The zero-order chi connectivity index (χ0) is 60.3. The van der Waals surface area contributed by atoms with Crippen LogP contribution in [0.15, 0.2) is 37.4 Å². The molecule has 5 N–H and O–H groups in total. The number of hydrogen-bond donors (Lipinski definition) is 4. The quantitative estimate of drug-likeness (QED) is 0.0360. The zero-order valence-corrected chi connectivity index (χ0v) is 51.0. The molecule has 0 amide bonds. The summed E-state index contributed by atoms with van der Waals surface area (Å²) in [7, 11) is 7.17. The molecule has 21 heteroatoms. The Bertz CT molecular complexity index is 3420. The number of rotatable bonds is 11. The van der Waals surface area contributed by atoms with E-state index in [-0.39, 0.29) is 94.8 Å². The molecule has 2 unspecified atom stereocenters. The Kier molecular flexibility index (Phi) is 19.7. The van der Waals surface area contributed by atoms with Crippen molar-refractivity contribution < 1.29 is 57.7 Å². The second-order valence-electron chi connectivity index (χ2n) is 22.6. The maximum atomic E-state index is 12.3. The molecule has 8 aliphatic rings. The number of nitrogens with zero attached hydrogens (tertiary/aromatic N) is 6. The number of methoxy groups -OCH3 is 2. The molecule has 8 heterocycles. The Morgan fingerprint density at radius 1 is 0.686 bits per heavy atom. The summed E-state index contributed by atoms with van der Waals surface area (Å²) in [4.78, 5) is 33.4. The molecule has 12 rings (SSSR count). The predicted octanol–water partition coefficient (Wildman–Crippen LogP) is 8.85. The van der Waals surface area contributed by atoms with Gasteiger partial charge in [0.1, 0.15) is 23.6 Å². The van der Waals surface area contributed by atoms with Crippen LogP contribution < -0.4 is 48.9 Å². The SMILES string of the molecule is C.C.C=CCCBr.C=CCNC[C@H]1c2c(c(OC(C)=O)c(C)c3c2OCO3)CC2[C@H]3c4c(cc(C)c(OC)c4O)C[C@@H]([C@H](C#N)N21)N3C.COc1c(C)cc2c(c1O)[C@@H]1C3Cc4c(OC(C)=O)c(C)c5c(c4[C@H](CN)N3[C@@H](C#N)[C@H](C2)N1C)OCO5. The van der Waals surface area contributed by atoms with Crippen molar-refractivity contribution in [3.63, 3.8) is 0 Å². The number of ether oxygens (including phenoxy) is 8. The van der Waals surface area contributed by atoms with Crippen molar-refractivity contribution in [2.75, 3.05) is 66.9 Å². The first-order valence-electron chi connectivity index (χ1n) is 28.4. The Morgan fingerprint density at radius 2 is 1.10 bits per heavy atom. The van der Waals surface area contributed by atoms with Gasteiger partial charge in [-0.1, -0.05) is 55.1 Å². The highest BCUT2D eigenvalue weighted by Crippen LogP contribution is 2.61.